The molecule has 0 bridgehead atoms. The minimum Gasteiger partial charge on any atom is -0.379 e. The Morgan fingerprint density at radius 1 is 1.32 bits per heavy atom. The molecule has 0 spiro atoms. The first kappa shape index (κ1) is 17.5. The van der Waals surface area contributed by atoms with Crippen molar-refractivity contribution in [2.24, 2.45) is 5.92 Å². The maximum absolute atomic E-state index is 12.3. The minimum absolute atomic E-state index is 0.189. The average Bonchev–Trinajstić information content (AvgIpc) is 2.50. The van der Waals surface area contributed by atoms with Crippen LogP contribution in [-0.2, 0) is 4.74 Å². The molecule has 122 valence electrons. The zero-order chi connectivity index (χ0) is 16.1. The second-order valence-electron chi connectivity index (χ2n) is 5.77. The molecule has 1 amide bonds. The van der Waals surface area contributed by atoms with Gasteiger partial charge < -0.3 is 10.1 Å². The number of carbonyl (C=O) groups is 1. The third-order valence-electron chi connectivity index (χ3n) is 3.95. The van der Waals surface area contributed by atoms with Crippen LogP contribution in [0.4, 0.5) is 0 Å². The molecule has 2 rings (SSSR count). The Kier molecular flexibility index (Phi) is 6.50. The van der Waals surface area contributed by atoms with Crippen molar-refractivity contribution < 1.29 is 9.53 Å². The van der Waals surface area contributed by atoms with Crippen LogP contribution in [0.15, 0.2) is 18.2 Å². The molecule has 6 heteroatoms. The van der Waals surface area contributed by atoms with E-state index >= 15 is 0 Å². The van der Waals surface area contributed by atoms with E-state index in [1.165, 1.54) is 0 Å². The Hall–Kier alpha value is -0.810. The minimum atomic E-state index is -0.189. The highest BCUT2D eigenvalue weighted by Crippen LogP contribution is 2.25. The van der Waals surface area contributed by atoms with Gasteiger partial charge in [0, 0.05) is 25.7 Å². The first-order valence-corrected chi connectivity index (χ1v) is 8.30. The van der Waals surface area contributed by atoms with Crippen LogP contribution >= 0.6 is 23.2 Å². The predicted molar refractivity (Wildman–Crippen MR) is 89.8 cm³/mol. The molecule has 22 heavy (non-hydrogen) atoms. The number of nitrogens with one attached hydrogen (secondary N) is 1. The van der Waals surface area contributed by atoms with Crippen LogP contribution in [0.5, 0.6) is 0 Å². The number of rotatable bonds is 5. The van der Waals surface area contributed by atoms with Gasteiger partial charge in [0.05, 0.1) is 28.8 Å². The van der Waals surface area contributed by atoms with Crippen LogP contribution in [0.1, 0.15) is 24.2 Å². The van der Waals surface area contributed by atoms with Crippen LogP contribution in [-0.4, -0.2) is 49.7 Å². The highest BCUT2D eigenvalue weighted by Gasteiger charge is 2.24. The Morgan fingerprint density at radius 3 is 2.64 bits per heavy atom. The lowest BCUT2D eigenvalue weighted by Gasteiger charge is -2.36. The van der Waals surface area contributed by atoms with E-state index in [4.69, 9.17) is 27.9 Å². The summed E-state index contributed by atoms with van der Waals surface area (Å²) in [5.41, 5.74) is 0.415. The van der Waals surface area contributed by atoms with Crippen LogP contribution < -0.4 is 5.32 Å². The van der Waals surface area contributed by atoms with E-state index < -0.39 is 0 Å². The fourth-order valence-corrected chi connectivity index (χ4v) is 3.05. The monoisotopic (exact) mass is 344 g/mol. The first-order valence-electron chi connectivity index (χ1n) is 7.54. The summed E-state index contributed by atoms with van der Waals surface area (Å²) < 4.78 is 5.39. The van der Waals surface area contributed by atoms with E-state index in [1.807, 2.05) is 0 Å². The molecule has 1 aliphatic rings. The summed E-state index contributed by atoms with van der Waals surface area (Å²) >= 11 is 12.1. The molecule has 1 atom stereocenters. The van der Waals surface area contributed by atoms with Crippen molar-refractivity contribution in [3.05, 3.63) is 33.8 Å². The van der Waals surface area contributed by atoms with Gasteiger partial charge in [0.25, 0.3) is 5.91 Å². The van der Waals surface area contributed by atoms with Gasteiger partial charge in [-0.25, -0.2) is 0 Å². The molecule has 0 aliphatic carbocycles. The van der Waals surface area contributed by atoms with Gasteiger partial charge in [0.15, 0.2) is 0 Å². The zero-order valence-electron chi connectivity index (χ0n) is 12.9. The number of benzene rings is 1. The molecule has 1 aromatic carbocycles. The van der Waals surface area contributed by atoms with Crippen molar-refractivity contribution in [2.75, 3.05) is 32.8 Å². The maximum Gasteiger partial charge on any atom is 0.252 e. The molecule has 1 fully saturated rings. The molecule has 1 aliphatic heterocycles. The summed E-state index contributed by atoms with van der Waals surface area (Å²) in [5.74, 6) is 0.250. The van der Waals surface area contributed by atoms with E-state index in [1.54, 1.807) is 18.2 Å². The predicted octanol–water partition coefficient (Wildman–Crippen LogP) is 3.08. The number of carbonyl (C=O) groups excluding carboxylic acids is 1. The summed E-state index contributed by atoms with van der Waals surface area (Å²) in [5, 5.41) is 3.67. The second kappa shape index (κ2) is 8.16. The van der Waals surface area contributed by atoms with Gasteiger partial charge in [0.2, 0.25) is 0 Å². The summed E-state index contributed by atoms with van der Waals surface area (Å²) in [6.07, 6.45) is 0. The lowest BCUT2D eigenvalue weighted by molar-refractivity contribution is 0.00673. The normalized spacial score (nSPS) is 17.5. The molecule has 1 N–H and O–H groups in total. The molecule has 4 nitrogen and oxygen atoms in total. The van der Waals surface area contributed by atoms with Crippen molar-refractivity contribution >= 4 is 29.1 Å². The number of hydrogen-bond acceptors (Lipinski definition) is 3. The van der Waals surface area contributed by atoms with Crippen LogP contribution in [0.2, 0.25) is 10.0 Å². The molecule has 1 saturated heterocycles. The Balaban J connectivity index is 1.99. The molecule has 0 saturated carbocycles. The highest BCUT2D eigenvalue weighted by molar-refractivity contribution is 6.43. The third-order valence-corrected chi connectivity index (χ3v) is 4.77. The Bertz CT molecular complexity index is 517. The maximum atomic E-state index is 12.3. The fourth-order valence-electron chi connectivity index (χ4n) is 2.67. The van der Waals surface area contributed by atoms with Crippen molar-refractivity contribution in [2.45, 2.75) is 19.9 Å². The van der Waals surface area contributed by atoms with Gasteiger partial charge in [-0.1, -0.05) is 43.1 Å². The van der Waals surface area contributed by atoms with Crippen LogP contribution in [0.3, 0.4) is 0 Å². The quantitative estimate of drug-likeness (QED) is 0.892. The van der Waals surface area contributed by atoms with Crippen molar-refractivity contribution in [1.82, 2.24) is 10.2 Å². The lowest BCUT2D eigenvalue weighted by Crippen LogP contribution is -2.51. The summed E-state index contributed by atoms with van der Waals surface area (Å²) in [4.78, 5) is 14.7. The van der Waals surface area contributed by atoms with E-state index in [0.29, 0.717) is 28.1 Å². The van der Waals surface area contributed by atoms with Gasteiger partial charge >= 0.3 is 0 Å². The zero-order valence-corrected chi connectivity index (χ0v) is 14.5. The van der Waals surface area contributed by atoms with Crippen molar-refractivity contribution in [3.8, 4) is 0 Å². The Morgan fingerprint density at radius 2 is 2.00 bits per heavy atom. The number of nitrogens with zero attached hydrogens (tertiary/aromatic N) is 1. The summed E-state index contributed by atoms with van der Waals surface area (Å²) in [6.45, 7) is 8.21. The van der Waals surface area contributed by atoms with Crippen molar-refractivity contribution in [1.29, 1.82) is 0 Å². The summed E-state index contributed by atoms with van der Waals surface area (Å²) in [7, 11) is 0. The van der Waals surface area contributed by atoms with E-state index in [0.717, 1.165) is 26.3 Å². The van der Waals surface area contributed by atoms with Gasteiger partial charge in [-0.3, -0.25) is 9.69 Å². The topological polar surface area (TPSA) is 41.6 Å². The number of ether oxygens (including phenoxy) is 1. The number of morpholine rings is 1. The van der Waals surface area contributed by atoms with Gasteiger partial charge in [-0.15, -0.1) is 0 Å². The number of hydrogen-bond donors (Lipinski definition) is 1. The molecular formula is C16H22Cl2N2O2. The van der Waals surface area contributed by atoms with Gasteiger partial charge in [0.1, 0.15) is 0 Å². The molecule has 1 aromatic rings. The average molecular weight is 345 g/mol. The van der Waals surface area contributed by atoms with Gasteiger partial charge in [-0.05, 0) is 18.1 Å². The fraction of sp³-hybridized carbons (Fsp3) is 0.562. The standard InChI is InChI=1S/C16H22Cl2N2O2/c1-11(2)14(20-6-8-22-9-7-20)10-19-16(21)12-4-3-5-13(17)15(12)18/h3-5,11,14H,6-10H2,1-2H3,(H,19,21). The Labute approximate surface area is 141 Å². The highest BCUT2D eigenvalue weighted by atomic mass is 35.5. The van der Waals surface area contributed by atoms with E-state index in [-0.39, 0.29) is 11.9 Å². The molecular weight excluding hydrogens is 323 g/mol. The van der Waals surface area contributed by atoms with Crippen molar-refractivity contribution in [3.63, 3.8) is 0 Å². The van der Waals surface area contributed by atoms with Crippen LogP contribution in [0.25, 0.3) is 0 Å². The lowest BCUT2D eigenvalue weighted by atomic mass is 10.0. The number of amides is 1. The van der Waals surface area contributed by atoms with E-state index in [9.17, 15) is 4.79 Å². The SMILES string of the molecule is CC(C)C(CNC(=O)c1cccc(Cl)c1Cl)N1CCOCC1. The largest absolute Gasteiger partial charge is 0.379 e. The van der Waals surface area contributed by atoms with Gasteiger partial charge in [-0.2, -0.15) is 0 Å². The first-order chi connectivity index (χ1) is 10.5. The molecule has 1 unspecified atom stereocenters. The summed E-state index contributed by atoms with van der Waals surface area (Å²) in [6, 6.07) is 5.37. The molecule has 0 radical (unpaired) electrons. The number of halogens is 2. The smallest absolute Gasteiger partial charge is 0.252 e. The molecule has 0 aromatic heterocycles. The van der Waals surface area contributed by atoms with E-state index in [2.05, 4.69) is 24.1 Å². The van der Waals surface area contributed by atoms with Crippen LogP contribution in [0, 0.1) is 5.92 Å². The second-order valence-corrected chi connectivity index (χ2v) is 6.56. The molecule has 1 heterocycles. The third kappa shape index (κ3) is 4.35.